The molecular formula is C17H20N4O3S. The zero-order valence-corrected chi connectivity index (χ0v) is 14.7. The van der Waals surface area contributed by atoms with Crippen molar-refractivity contribution < 1.29 is 9.59 Å². The summed E-state index contributed by atoms with van der Waals surface area (Å²) >= 11 is 1.62. The SMILES string of the molecule is O=C(CCn1cnc2sc3c(c2c1=O)CCCC3)NNC(=O)C1CC1. The van der Waals surface area contributed by atoms with Gasteiger partial charge < -0.3 is 0 Å². The maximum Gasteiger partial charge on any atom is 0.262 e. The second kappa shape index (κ2) is 6.59. The van der Waals surface area contributed by atoms with Crippen molar-refractivity contribution in [3.63, 3.8) is 0 Å². The van der Waals surface area contributed by atoms with E-state index in [0.717, 1.165) is 47.9 Å². The second-order valence-electron chi connectivity index (χ2n) is 6.70. The van der Waals surface area contributed by atoms with Crippen LogP contribution in [0.4, 0.5) is 0 Å². The molecule has 0 aromatic carbocycles. The number of nitrogens with zero attached hydrogens (tertiary/aromatic N) is 2. The van der Waals surface area contributed by atoms with E-state index in [-0.39, 0.29) is 36.3 Å². The third kappa shape index (κ3) is 3.30. The van der Waals surface area contributed by atoms with Crippen molar-refractivity contribution in [3.8, 4) is 0 Å². The van der Waals surface area contributed by atoms with Crippen LogP contribution < -0.4 is 16.4 Å². The molecule has 0 atom stereocenters. The topological polar surface area (TPSA) is 93.1 Å². The van der Waals surface area contributed by atoms with Crippen LogP contribution in [-0.4, -0.2) is 21.4 Å². The predicted molar refractivity (Wildman–Crippen MR) is 94.1 cm³/mol. The van der Waals surface area contributed by atoms with Gasteiger partial charge in [-0.1, -0.05) is 0 Å². The molecule has 25 heavy (non-hydrogen) atoms. The van der Waals surface area contributed by atoms with Gasteiger partial charge in [0.15, 0.2) is 0 Å². The van der Waals surface area contributed by atoms with E-state index in [4.69, 9.17) is 0 Å². The van der Waals surface area contributed by atoms with Crippen molar-refractivity contribution in [3.05, 3.63) is 27.1 Å². The van der Waals surface area contributed by atoms with Gasteiger partial charge in [-0.25, -0.2) is 4.98 Å². The average molecular weight is 360 g/mol. The van der Waals surface area contributed by atoms with Crippen molar-refractivity contribution in [2.75, 3.05) is 0 Å². The molecule has 1 fully saturated rings. The normalized spacial score (nSPS) is 16.5. The van der Waals surface area contributed by atoms with E-state index in [1.54, 1.807) is 11.3 Å². The number of thiophene rings is 1. The molecule has 2 aromatic rings. The largest absolute Gasteiger partial charge is 0.298 e. The van der Waals surface area contributed by atoms with Crippen LogP contribution in [0, 0.1) is 5.92 Å². The summed E-state index contributed by atoms with van der Waals surface area (Å²) in [5, 5.41) is 0.727. The quantitative estimate of drug-likeness (QED) is 0.804. The molecule has 0 spiro atoms. The monoisotopic (exact) mass is 360 g/mol. The van der Waals surface area contributed by atoms with Crippen LogP contribution >= 0.6 is 11.3 Å². The van der Waals surface area contributed by atoms with E-state index in [1.165, 1.54) is 22.2 Å². The van der Waals surface area contributed by atoms with Crippen molar-refractivity contribution in [1.29, 1.82) is 0 Å². The van der Waals surface area contributed by atoms with Crippen LogP contribution in [0.15, 0.2) is 11.1 Å². The number of fused-ring (bicyclic) bond motifs is 3. The van der Waals surface area contributed by atoms with Crippen molar-refractivity contribution in [2.45, 2.75) is 51.5 Å². The van der Waals surface area contributed by atoms with Gasteiger partial charge >= 0.3 is 0 Å². The van der Waals surface area contributed by atoms with Gasteiger partial charge in [-0.05, 0) is 44.1 Å². The maximum atomic E-state index is 12.8. The highest BCUT2D eigenvalue weighted by molar-refractivity contribution is 7.18. The summed E-state index contributed by atoms with van der Waals surface area (Å²) in [4.78, 5) is 42.6. The first kappa shape index (κ1) is 16.3. The highest BCUT2D eigenvalue weighted by atomic mass is 32.1. The summed E-state index contributed by atoms with van der Waals surface area (Å²) in [6.45, 7) is 0.248. The van der Waals surface area contributed by atoms with Crippen molar-refractivity contribution in [2.24, 2.45) is 5.92 Å². The summed E-state index contributed by atoms with van der Waals surface area (Å²) in [7, 11) is 0. The van der Waals surface area contributed by atoms with Crippen molar-refractivity contribution in [1.82, 2.24) is 20.4 Å². The number of aromatic nitrogens is 2. The Morgan fingerprint density at radius 3 is 2.84 bits per heavy atom. The first-order valence-electron chi connectivity index (χ1n) is 8.72. The number of rotatable bonds is 4. The van der Waals surface area contributed by atoms with Crippen LogP contribution in [0.25, 0.3) is 10.2 Å². The molecule has 0 aliphatic heterocycles. The highest BCUT2D eigenvalue weighted by Gasteiger charge is 2.29. The number of aryl methyl sites for hydroxylation is 3. The van der Waals surface area contributed by atoms with E-state index in [0.29, 0.717) is 0 Å². The molecule has 0 bridgehead atoms. The zero-order chi connectivity index (χ0) is 17.4. The number of carbonyl (C=O) groups is 2. The summed E-state index contributed by atoms with van der Waals surface area (Å²) in [6.07, 6.45) is 7.63. The molecule has 7 nitrogen and oxygen atoms in total. The smallest absolute Gasteiger partial charge is 0.262 e. The van der Waals surface area contributed by atoms with E-state index < -0.39 is 0 Å². The summed E-state index contributed by atoms with van der Waals surface area (Å²) in [5.74, 6) is -0.411. The van der Waals surface area contributed by atoms with Crippen LogP contribution in [0.1, 0.15) is 42.5 Å². The molecule has 2 aromatic heterocycles. The number of hydrogen-bond acceptors (Lipinski definition) is 5. The Morgan fingerprint density at radius 2 is 2.04 bits per heavy atom. The Kier molecular flexibility index (Phi) is 4.29. The molecule has 2 aliphatic carbocycles. The lowest BCUT2D eigenvalue weighted by atomic mass is 9.97. The van der Waals surface area contributed by atoms with Gasteiger partial charge in [-0.15, -0.1) is 11.3 Å². The molecule has 2 amide bonds. The van der Waals surface area contributed by atoms with Gasteiger partial charge in [0.25, 0.3) is 5.56 Å². The molecule has 0 radical (unpaired) electrons. The van der Waals surface area contributed by atoms with Crippen molar-refractivity contribution >= 4 is 33.4 Å². The molecule has 2 aliphatic rings. The maximum absolute atomic E-state index is 12.8. The Hall–Kier alpha value is -2.22. The number of hydrogen-bond donors (Lipinski definition) is 2. The molecular weight excluding hydrogens is 340 g/mol. The zero-order valence-electron chi connectivity index (χ0n) is 13.8. The number of nitrogens with one attached hydrogen (secondary N) is 2. The van der Waals surface area contributed by atoms with E-state index in [9.17, 15) is 14.4 Å². The van der Waals surface area contributed by atoms with E-state index in [2.05, 4.69) is 15.8 Å². The highest BCUT2D eigenvalue weighted by Crippen LogP contribution is 2.33. The van der Waals surface area contributed by atoms with E-state index >= 15 is 0 Å². The summed E-state index contributed by atoms with van der Waals surface area (Å²) in [6, 6.07) is 0. The van der Waals surface area contributed by atoms with Gasteiger partial charge in [-0.3, -0.25) is 29.8 Å². The summed E-state index contributed by atoms with van der Waals surface area (Å²) in [5.41, 5.74) is 5.91. The van der Waals surface area contributed by atoms with Crippen LogP contribution in [0.3, 0.4) is 0 Å². The predicted octanol–water partition coefficient (Wildman–Crippen LogP) is 1.28. The molecule has 0 saturated heterocycles. The number of carbonyl (C=O) groups excluding carboxylic acids is 2. The Balaban J connectivity index is 1.44. The Morgan fingerprint density at radius 1 is 1.24 bits per heavy atom. The third-order valence-corrected chi connectivity index (χ3v) is 5.99. The minimum Gasteiger partial charge on any atom is -0.298 e. The van der Waals surface area contributed by atoms with E-state index in [1.807, 2.05) is 0 Å². The molecule has 2 heterocycles. The lowest BCUT2D eigenvalue weighted by Gasteiger charge is -2.10. The fourth-order valence-corrected chi connectivity index (χ4v) is 4.42. The van der Waals surface area contributed by atoms with Gasteiger partial charge in [0, 0.05) is 23.8 Å². The average Bonchev–Trinajstić information content (AvgIpc) is 3.39. The molecule has 8 heteroatoms. The second-order valence-corrected chi connectivity index (χ2v) is 7.78. The van der Waals surface area contributed by atoms with Crippen LogP contribution in [0.2, 0.25) is 0 Å². The Bertz CT molecular complexity index is 897. The fraction of sp³-hybridized carbons (Fsp3) is 0.529. The minimum absolute atomic E-state index is 0.0410. The molecule has 0 unspecified atom stereocenters. The number of hydrazine groups is 1. The van der Waals surface area contributed by atoms with Gasteiger partial charge in [0.1, 0.15) is 4.83 Å². The molecule has 4 rings (SSSR count). The lowest BCUT2D eigenvalue weighted by Crippen LogP contribution is -2.42. The third-order valence-electron chi connectivity index (χ3n) is 4.79. The molecule has 1 saturated carbocycles. The fourth-order valence-electron chi connectivity index (χ4n) is 3.20. The lowest BCUT2D eigenvalue weighted by molar-refractivity contribution is -0.129. The Labute approximate surface area is 148 Å². The van der Waals surface area contributed by atoms with Crippen LogP contribution in [-0.2, 0) is 29.0 Å². The van der Waals surface area contributed by atoms with Gasteiger partial charge in [0.2, 0.25) is 11.8 Å². The van der Waals surface area contributed by atoms with Crippen LogP contribution in [0.5, 0.6) is 0 Å². The molecule has 2 N–H and O–H groups in total. The van der Waals surface area contributed by atoms with Gasteiger partial charge in [-0.2, -0.15) is 0 Å². The summed E-state index contributed by atoms with van der Waals surface area (Å²) < 4.78 is 1.49. The first-order chi connectivity index (χ1) is 12.1. The van der Waals surface area contributed by atoms with Gasteiger partial charge in [0.05, 0.1) is 11.7 Å². The minimum atomic E-state index is -0.312. The standard InChI is InChI=1S/C17H20N4O3S/c22-13(19-20-15(23)10-5-6-10)7-8-21-9-18-16-14(17(21)24)11-3-1-2-4-12(11)25-16/h9-10H,1-8H2,(H,19,22)(H,20,23). The number of amides is 2. The molecule has 132 valence electrons. The first-order valence-corrected chi connectivity index (χ1v) is 9.53.